The molecule has 1 atom stereocenters. The van der Waals surface area contributed by atoms with E-state index in [0.29, 0.717) is 31.1 Å². The zero-order chi connectivity index (χ0) is 23.2. The molecule has 1 saturated heterocycles. The van der Waals surface area contributed by atoms with Crippen molar-refractivity contribution < 1.29 is 17.9 Å². The third-order valence-corrected chi connectivity index (χ3v) is 8.34. The lowest BCUT2D eigenvalue weighted by atomic mass is 10.1. The van der Waals surface area contributed by atoms with Crippen LogP contribution in [0.3, 0.4) is 0 Å². The zero-order valence-electron chi connectivity index (χ0n) is 17.8. The smallest absolute Gasteiger partial charge is 0.241 e. The number of ether oxygens (including phenoxy) is 1. The molecule has 170 valence electrons. The SMILES string of the molecule is COc1ccc2ccc(S(=O)(=O)N[C@H]3CCN(Cc4csc5ccnc(N)c45)C3=O)cc2c1. The molecule has 33 heavy (non-hydrogen) atoms. The minimum Gasteiger partial charge on any atom is -0.497 e. The Morgan fingerprint density at radius 2 is 2.03 bits per heavy atom. The van der Waals surface area contributed by atoms with E-state index in [4.69, 9.17) is 10.5 Å². The molecule has 2 aromatic heterocycles. The third-order valence-electron chi connectivity index (χ3n) is 5.88. The van der Waals surface area contributed by atoms with Crippen molar-refractivity contribution in [3.63, 3.8) is 0 Å². The van der Waals surface area contributed by atoms with Crippen LogP contribution in [0, 0.1) is 0 Å². The fourth-order valence-electron chi connectivity index (χ4n) is 4.15. The number of fused-ring (bicyclic) bond motifs is 2. The predicted molar refractivity (Wildman–Crippen MR) is 129 cm³/mol. The number of rotatable bonds is 6. The minimum atomic E-state index is -3.88. The Hall–Kier alpha value is -3.21. The van der Waals surface area contributed by atoms with E-state index >= 15 is 0 Å². The molecule has 3 N–H and O–H groups in total. The monoisotopic (exact) mass is 482 g/mol. The van der Waals surface area contributed by atoms with Crippen molar-refractivity contribution in [1.82, 2.24) is 14.6 Å². The van der Waals surface area contributed by atoms with Gasteiger partial charge in [0.05, 0.1) is 12.0 Å². The van der Waals surface area contributed by atoms with Crippen LogP contribution in [0.15, 0.2) is 58.9 Å². The summed E-state index contributed by atoms with van der Waals surface area (Å²) in [5, 5.41) is 4.46. The second-order valence-corrected chi connectivity index (χ2v) is 10.6. The first-order chi connectivity index (χ1) is 15.9. The molecule has 0 bridgehead atoms. The number of nitrogen functional groups attached to an aromatic ring is 1. The minimum absolute atomic E-state index is 0.108. The molecule has 1 aliphatic heterocycles. The first-order valence-electron chi connectivity index (χ1n) is 10.4. The number of carbonyl (C=O) groups is 1. The van der Waals surface area contributed by atoms with Gasteiger partial charge < -0.3 is 15.4 Å². The molecule has 1 aliphatic rings. The standard InChI is InChI=1S/C23H22N4O4S2/c1-31-17-4-2-14-3-5-18(11-15(14)10-17)33(29,30)26-19-7-9-27(23(19)28)12-16-13-32-20-6-8-25-22(24)21(16)20/h2-6,8,10-11,13,19,26H,7,9,12H2,1H3,(H2,24,25)/t19-/m0/s1. The number of thiophene rings is 1. The summed E-state index contributed by atoms with van der Waals surface area (Å²) in [6.45, 7) is 0.821. The molecule has 0 radical (unpaired) electrons. The van der Waals surface area contributed by atoms with Crippen molar-refractivity contribution >= 4 is 53.9 Å². The van der Waals surface area contributed by atoms with Crippen LogP contribution in [-0.2, 0) is 21.4 Å². The molecule has 1 fully saturated rings. The van der Waals surface area contributed by atoms with Gasteiger partial charge in [0.25, 0.3) is 0 Å². The van der Waals surface area contributed by atoms with E-state index in [-0.39, 0.29) is 10.8 Å². The highest BCUT2D eigenvalue weighted by molar-refractivity contribution is 7.89. The summed E-state index contributed by atoms with van der Waals surface area (Å²) < 4.78 is 34.9. The number of nitrogens with zero attached hydrogens (tertiary/aromatic N) is 2. The molecule has 0 aliphatic carbocycles. The highest BCUT2D eigenvalue weighted by Gasteiger charge is 2.35. The van der Waals surface area contributed by atoms with Crippen molar-refractivity contribution in [2.24, 2.45) is 0 Å². The molecule has 1 amide bonds. The molecule has 8 nitrogen and oxygen atoms in total. The first kappa shape index (κ1) is 21.6. The van der Waals surface area contributed by atoms with Gasteiger partial charge in [0.2, 0.25) is 15.9 Å². The average Bonchev–Trinajstić information content (AvgIpc) is 3.37. The maximum absolute atomic E-state index is 13.0. The fourth-order valence-corrected chi connectivity index (χ4v) is 6.37. The number of nitrogens with two attached hydrogens (primary N) is 1. The Morgan fingerprint density at radius 1 is 1.21 bits per heavy atom. The van der Waals surface area contributed by atoms with Crippen molar-refractivity contribution in [2.75, 3.05) is 19.4 Å². The lowest BCUT2D eigenvalue weighted by Crippen LogP contribution is -2.41. The van der Waals surface area contributed by atoms with Crippen LogP contribution in [0.1, 0.15) is 12.0 Å². The first-order valence-corrected chi connectivity index (χ1v) is 12.7. The molecular weight excluding hydrogens is 460 g/mol. The van der Waals surface area contributed by atoms with Crippen LogP contribution in [0.5, 0.6) is 5.75 Å². The molecule has 10 heteroatoms. The Bertz CT molecular complexity index is 1480. The second kappa shape index (κ2) is 8.29. The number of carbonyl (C=O) groups excluding carboxylic acids is 1. The number of likely N-dealkylation sites (tertiary alicyclic amines) is 1. The number of aromatic nitrogens is 1. The Morgan fingerprint density at radius 3 is 2.85 bits per heavy atom. The number of sulfonamides is 1. The zero-order valence-corrected chi connectivity index (χ0v) is 19.4. The number of hydrogen-bond acceptors (Lipinski definition) is 7. The second-order valence-electron chi connectivity index (χ2n) is 7.93. The van der Waals surface area contributed by atoms with Gasteiger partial charge in [-0.25, -0.2) is 13.4 Å². The molecule has 5 rings (SSSR count). The van der Waals surface area contributed by atoms with Crippen molar-refractivity contribution in [3.8, 4) is 5.75 Å². The van der Waals surface area contributed by atoms with E-state index < -0.39 is 16.1 Å². The molecule has 0 unspecified atom stereocenters. The molecule has 0 saturated carbocycles. The summed E-state index contributed by atoms with van der Waals surface area (Å²) in [7, 11) is -2.32. The third kappa shape index (κ3) is 4.01. The number of methoxy groups -OCH3 is 1. The summed E-state index contributed by atoms with van der Waals surface area (Å²) in [6, 6.07) is 11.4. The van der Waals surface area contributed by atoms with Gasteiger partial charge in [-0.15, -0.1) is 11.3 Å². The van der Waals surface area contributed by atoms with Crippen molar-refractivity contribution in [2.45, 2.75) is 23.9 Å². The van der Waals surface area contributed by atoms with E-state index in [1.165, 1.54) is 0 Å². The van der Waals surface area contributed by atoms with E-state index in [1.807, 2.05) is 23.6 Å². The van der Waals surface area contributed by atoms with E-state index in [9.17, 15) is 13.2 Å². The van der Waals surface area contributed by atoms with E-state index in [2.05, 4.69) is 9.71 Å². The van der Waals surface area contributed by atoms with Gasteiger partial charge in [-0.05, 0) is 58.5 Å². The van der Waals surface area contributed by atoms with Crippen LogP contribution >= 0.6 is 11.3 Å². The van der Waals surface area contributed by atoms with Gasteiger partial charge in [-0.2, -0.15) is 4.72 Å². The fraction of sp³-hybridized carbons (Fsp3) is 0.217. The lowest BCUT2D eigenvalue weighted by Gasteiger charge is -2.17. The summed E-state index contributed by atoms with van der Waals surface area (Å²) in [5.74, 6) is 0.826. The van der Waals surface area contributed by atoms with Crippen LogP contribution in [0.2, 0.25) is 0 Å². The maximum atomic E-state index is 13.0. The highest BCUT2D eigenvalue weighted by atomic mass is 32.2. The number of amides is 1. The van der Waals surface area contributed by atoms with Crippen LogP contribution < -0.4 is 15.2 Å². The van der Waals surface area contributed by atoms with Crippen LogP contribution in [0.25, 0.3) is 20.9 Å². The number of anilines is 1. The molecule has 4 aromatic rings. The van der Waals surface area contributed by atoms with Crippen molar-refractivity contribution in [3.05, 3.63) is 59.6 Å². The molecule has 3 heterocycles. The number of benzene rings is 2. The molecule has 2 aromatic carbocycles. The number of hydrogen-bond donors (Lipinski definition) is 2. The van der Waals surface area contributed by atoms with E-state index in [1.54, 1.807) is 53.8 Å². The summed E-state index contributed by atoms with van der Waals surface area (Å²) in [4.78, 5) is 18.9. The average molecular weight is 483 g/mol. The van der Waals surface area contributed by atoms with Crippen molar-refractivity contribution in [1.29, 1.82) is 0 Å². The summed E-state index contributed by atoms with van der Waals surface area (Å²) in [5.41, 5.74) is 6.95. The lowest BCUT2D eigenvalue weighted by molar-refractivity contribution is -0.129. The van der Waals surface area contributed by atoms with Gasteiger partial charge >= 0.3 is 0 Å². The number of nitrogens with one attached hydrogen (secondary N) is 1. The number of pyridine rings is 1. The van der Waals surface area contributed by atoms with E-state index in [0.717, 1.165) is 26.4 Å². The summed E-state index contributed by atoms with van der Waals surface area (Å²) in [6.07, 6.45) is 2.06. The van der Waals surface area contributed by atoms with Gasteiger partial charge in [-0.3, -0.25) is 4.79 Å². The quantitative estimate of drug-likeness (QED) is 0.436. The Balaban J connectivity index is 1.34. The maximum Gasteiger partial charge on any atom is 0.241 e. The van der Waals surface area contributed by atoms with Crippen LogP contribution in [0.4, 0.5) is 5.82 Å². The van der Waals surface area contributed by atoms with Gasteiger partial charge in [0, 0.05) is 29.4 Å². The van der Waals surface area contributed by atoms with Gasteiger partial charge in [0.1, 0.15) is 17.6 Å². The Kier molecular flexibility index (Phi) is 5.43. The normalized spacial score (nSPS) is 16.7. The molecular formula is C23H22N4O4S2. The highest BCUT2D eigenvalue weighted by Crippen LogP contribution is 2.31. The van der Waals surface area contributed by atoms with Gasteiger partial charge in [0.15, 0.2) is 0 Å². The van der Waals surface area contributed by atoms with Crippen LogP contribution in [-0.4, -0.2) is 43.9 Å². The van der Waals surface area contributed by atoms with Gasteiger partial charge in [-0.1, -0.05) is 12.1 Å². The largest absolute Gasteiger partial charge is 0.497 e. The molecule has 0 spiro atoms. The topological polar surface area (TPSA) is 115 Å². The summed E-state index contributed by atoms with van der Waals surface area (Å²) >= 11 is 1.55. The Labute approximate surface area is 195 Å². The predicted octanol–water partition coefficient (Wildman–Crippen LogP) is 3.12.